The first-order valence-electron chi connectivity index (χ1n) is 8.23. The van der Waals surface area contributed by atoms with Gasteiger partial charge in [-0.05, 0) is 37.5 Å². The molecule has 1 aliphatic heterocycles. The highest BCUT2D eigenvalue weighted by Gasteiger charge is 2.28. The number of carbonyl (C=O) groups excluding carboxylic acids is 2. The van der Waals surface area contributed by atoms with E-state index in [4.69, 9.17) is 28.3 Å². The van der Waals surface area contributed by atoms with Crippen molar-refractivity contribution in [2.45, 2.75) is 25.8 Å². The number of carbonyl (C=O) groups is 3. The van der Waals surface area contributed by atoms with E-state index in [0.29, 0.717) is 41.5 Å². The summed E-state index contributed by atoms with van der Waals surface area (Å²) in [7, 11) is 0. The number of carboxylic acids is 1. The number of rotatable bonds is 5. The van der Waals surface area contributed by atoms with Gasteiger partial charge in [0.05, 0.1) is 10.0 Å². The van der Waals surface area contributed by atoms with Gasteiger partial charge < -0.3 is 15.3 Å². The summed E-state index contributed by atoms with van der Waals surface area (Å²) in [5, 5.41) is 12.1. The van der Waals surface area contributed by atoms with Gasteiger partial charge >= 0.3 is 5.97 Å². The smallest absolute Gasteiger partial charge is 0.325 e. The molecule has 8 heteroatoms. The number of carboxylic acid groups (broad SMARTS) is 1. The highest BCUT2D eigenvalue weighted by atomic mass is 35.5. The summed E-state index contributed by atoms with van der Waals surface area (Å²) >= 11 is 12.0. The predicted octanol–water partition coefficient (Wildman–Crippen LogP) is 2.83. The van der Waals surface area contributed by atoms with Crippen molar-refractivity contribution >= 4 is 47.1 Å². The van der Waals surface area contributed by atoms with E-state index in [2.05, 4.69) is 5.32 Å². The predicted molar refractivity (Wildman–Crippen MR) is 100 cm³/mol. The molecule has 0 spiro atoms. The summed E-state index contributed by atoms with van der Waals surface area (Å²) in [6.45, 7) is 2.29. The number of likely N-dealkylation sites (tertiary alicyclic amines) is 1. The summed E-state index contributed by atoms with van der Waals surface area (Å²) in [5.41, 5.74) is 0.657. The Labute approximate surface area is 161 Å². The molecule has 2 amide bonds. The third kappa shape index (κ3) is 5.22. The van der Waals surface area contributed by atoms with Gasteiger partial charge in [0.1, 0.15) is 6.04 Å². The Morgan fingerprint density at radius 2 is 1.92 bits per heavy atom. The van der Waals surface area contributed by atoms with Crippen LogP contribution in [-0.2, 0) is 14.4 Å². The van der Waals surface area contributed by atoms with Crippen LogP contribution in [0.5, 0.6) is 0 Å². The van der Waals surface area contributed by atoms with Crippen LogP contribution in [0.1, 0.15) is 25.3 Å². The zero-order valence-electron chi connectivity index (χ0n) is 14.2. The van der Waals surface area contributed by atoms with Gasteiger partial charge in [-0.25, -0.2) is 0 Å². The van der Waals surface area contributed by atoms with E-state index in [9.17, 15) is 14.4 Å². The summed E-state index contributed by atoms with van der Waals surface area (Å²) < 4.78 is 0. The first kappa shape index (κ1) is 20.3. The number of halogens is 2. The second-order valence-electron chi connectivity index (χ2n) is 6.14. The zero-order valence-corrected chi connectivity index (χ0v) is 15.8. The van der Waals surface area contributed by atoms with Crippen LogP contribution < -0.4 is 5.32 Å². The molecule has 0 bridgehead atoms. The fraction of sp³-hybridized carbons (Fsp3) is 0.389. The van der Waals surface area contributed by atoms with Crippen molar-refractivity contribution in [3.63, 3.8) is 0 Å². The number of amides is 2. The zero-order chi connectivity index (χ0) is 19.3. The van der Waals surface area contributed by atoms with Gasteiger partial charge in [0.25, 0.3) is 0 Å². The molecule has 1 aliphatic rings. The molecule has 1 atom stereocenters. The number of hydrogen-bond acceptors (Lipinski definition) is 3. The Kier molecular flexibility index (Phi) is 7.06. The molecule has 1 fully saturated rings. The number of benzene rings is 1. The highest BCUT2D eigenvalue weighted by Crippen LogP contribution is 2.26. The van der Waals surface area contributed by atoms with E-state index in [1.165, 1.54) is 13.0 Å². The highest BCUT2D eigenvalue weighted by molar-refractivity contribution is 6.42. The van der Waals surface area contributed by atoms with Crippen LogP contribution in [0, 0.1) is 5.92 Å². The van der Waals surface area contributed by atoms with Gasteiger partial charge in [-0.15, -0.1) is 0 Å². The van der Waals surface area contributed by atoms with Crippen LogP contribution in [0.2, 0.25) is 10.0 Å². The van der Waals surface area contributed by atoms with Crippen LogP contribution in [0.25, 0.3) is 6.08 Å². The standard InChI is InChI=1S/C18H20Cl2N2O4/c1-11(18(25)26)21-17(24)13-7-9-22(10-8-13)15(23)6-5-12-3-2-4-14(19)16(12)20/h2-6,11,13H,7-10H2,1H3,(H,21,24)(H,25,26). The third-order valence-corrected chi connectivity index (χ3v) is 5.13. The first-order chi connectivity index (χ1) is 12.3. The number of piperidine rings is 1. The summed E-state index contributed by atoms with van der Waals surface area (Å²) in [6, 6.07) is 4.26. The number of hydrogen-bond donors (Lipinski definition) is 2. The fourth-order valence-corrected chi connectivity index (χ4v) is 3.04. The van der Waals surface area contributed by atoms with Crippen molar-refractivity contribution in [3.8, 4) is 0 Å². The second-order valence-corrected chi connectivity index (χ2v) is 6.93. The third-order valence-electron chi connectivity index (χ3n) is 4.29. The molecule has 0 aliphatic carbocycles. The van der Waals surface area contributed by atoms with E-state index in [1.54, 1.807) is 29.2 Å². The maximum absolute atomic E-state index is 12.3. The Hall–Kier alpha value is -2.05. The molecule has 1 aromatic rings. The van der Waals surface area contributed by atoms with Crippen molar-refractivity contribution in [3.05, 3.63) is 39.9 Å². The molecule has 2 rings (SSSR count). The molecule has 0 aromatic heterocycles. The molecule has 0 saturated carbocycles. The molecule has 1 heterocycles. The second kappa shape index (κ2) is 9.05. The van der Waals surface area contributed by atoms with E-state index in [0.717, 1.165) is 0 Å². The van der Waals surface area contributed by atoms with Crippen LogP contribution in [0.3, 0.4) is 0 Å². The van der Waals surface area contributed by atoms with Gasteiger partial charge in [0.15, 0.2) is 0 Å². The van der Waals surface area contributed by atoms with Crippen LogP contribution in [-0.4, -0.2) is 46.9 Å². The minimum atomic E-state index is -1.07. The molecule has 2 N–H and O–H groups in total. The van der Waals surface area contributed by atoms with Gasteiger partial charge in [0.2, 0.25) is 11.8 Å². The van der Waals surface area contributed by atoms with Crippen LogP contribution in [0.4, 0.5) is 0 Å². The average molecular weight is 399 g/mol. The molecule has 1 unspecified atom stereocenters. The number of aliphatic carboxylic acids is 1. The number of nitrogens with one attached hydrogen (secondary N) is 1. The maximum Gasteiger partial charge on any atom is 0.325 e. The lowest BCUT2D eigenvalue weighted by molar-refractivity contribution is -0.142. The topological polar surface area (TPSA) is 86.7 Å². The summed E-state index contributed by atoms with van der Waals surface area (Å²) in [4.78, 5) is 36.8. The van der Waals surface area contributed by atoms with Gasteiger partial charge in [0, 0.05) is 25.1 Å². The first-order valence-corrected chi connectivity index (χ1v) is 8.99. The largest absolute Gasteiger partial charge is 0.480 e. The monoisotopic (exact) mass is 398 g/mol. The minimum absolute atomic E-state index is 0.168. The molecule has 6 nitrogen and oxygen atoms in total. The average Bonchev–Trinajstić information content (AvgIpc) is 2.62. The van der Waals surface area contributed by atoms with Crippen molar-refractivity contribution in [1.82, 2.24) is 10.2 Å². The molecule has 26 heavy (non-hydrogen) atoms. The van der Waals surface area contributed by atoms with E-state index in [-0.39, 0.29) is 17.7 Å². The summed E-state index contributed by atoms with van der Waals surface area (Å²) in [5.74, 6) is -1.81. The van der Waals surface area contributed by atoms with E-state index in [1.807, 2.05) is 0 Å². The van der Waals surface area contributed by atoms with Crippen LogP contribution in [0.15, 0.2) is 24.3 Å². The lowest BCUT2D eigenvalue weighted by atomic mass is 9.95. The normalized spacial score (nSPS) is 16.5. The molecule has 0 radical (unpaired) electrons. The lowest BCUT2D eigenvalue weighted by Crippen LogP contribution is -2.46. The molecule has 140 valence electrons. The van der Waals surface area contributed by atoms with Crippen molar-refractivity contribution in [2.75, 3.05) is 13.1 Å². The molecule has 1 aromatic carbocycles. The van der Waals surface area contributed by atoms with Crippen molar-refractivity contribution < 1.29 is 19.5 Å². The molecular weight excluding hydrogens is 379 g/mol. The van der Waals surface area contributed by atoms with Gasteiger partial charge in [-0.1, -0.05) is 35.3 Å². The van der Waals surface area contributed by atoms with E-state index >= 15 is 0 Å². The molecule has 1 saturated heterocycles. The quantitative estimate of drug-likeness (QED) is 0.746. The van der Waals surface area contributed by atoms with Gasteiger partial charge in [-0.3, -0.25) is 14.4 Å². The van der Waals surface area contributed by atoms with Gasteiger partial charge in [-0.2, -0.15) is 0 Å². The maximum atomic E-state index is 12.3. The SMILES string of the molecule is CC(NC(=O)C1CCN(C(=O)C=Cc2cccc(Cl)c2Cl)CC1)C(=O)O. The van der Waals surface area contributed by atoms with E-state index < -0.39 is 12.0 Å². The Morgan fingerprint density at radius 1 is 1.27 bits per heavy atom. The minimum Gasteiger partial charge on any atom is -0.480 e. The van der Waals surface area contributed by atoms with Crippen molar-refractivity contribution in [1.29, 1.82) is 0 Å². The Morgan fingerprint density at radius 3 is 2.54 bits per heavy atom. The number of nitrogens with zero attached hydrogens (tertiary/aromatic N) is 1. The van der Waals surface area contributed by atoms with Crippen molar-refractivity contribution in [2.24, 2.45) is 5.92 Å². The Balaban J connectivity index is 1.88. The van der Waals surface area contributed by atoms with Crippen LogP contribution >= 0.6 is 23.2 Å². The Bertz CT molecular complexity index is 728. The lowest BCUT2D eigenvalue weighted by Gasteiger charge is -2.31. The summed E-state index contributed by atoms with van der Waals surface area (Å²) in [6.07, 6.45) is 4.04. The molecular formula is C18H20Cl2N2O4. The fourth-order valence-electron chi connectivity index (χ4n) is 2.67.